The van der Waals surface area contributed by atoms with Crippen molar-refractivity contribution in [2.45, 2.75) is 39.7 Å². The van der Waals surface area contributed by atoms with Gasteiger partial charge in [0.05, 0.1) is 0 Å². The predicted molar refractivity (Wildman–Crippen MR) is 72.1 cm³/mol. The van der Waals surface area contributed by atoms with E-state index in [9.17, 15) is 18.0 Å². The van der Waals surface area contributed by atoms with Crippen molar-refractivity contribution in [1.29, 1.82) is 0 Å². The van der Waals surface area contributed by atoms with Gasteiger partial charge in [0.25, 0.3) is 0 Å². The summed E-state index contributed by atoms with van der Waals surface area (Å²) in [6, 6.07) is 5.26. The number of ether oxygens (including phenoxy) is 2. The molecule has 0 aliphatic heterocycles. The number of hydrogen-bond acceptors (Lipinski definition) is 3. The first-order valence-corrected chi connectivity index (χ1v) is 6.43. The Morgan fingerprint density at radius 3 is 2.05 bits per heavy atom. The van der Waals surface area contributed by atoms with E-state index in [-0.39, 0.29) is 23.4 Å². The van der Waals surface area contributed by atoms with Gasteiger partial charge in [0.2, 0.25) is 0 Å². The van der Waals surface area contributed by atoms with Crippen LogP contribution in [0.5, 0.6) is 5.75 Å². The Balaban J connectivity index is 2.74. The molecule has 0 aliphatic rings. The summed E-state index contributed by atoms with van der Waals surface area (Å²) < 4.78 is 45.1. The smallest absolute Gasteiger partial charge is 0.406 e. The molecule has 1 atom stereocenters. The molecule has 3 nitrogen and oxygen atoms in total. The van der Waals surface area contributed by atoms with E-state index in [1.165, 1.54) is 31.4 Å². The number of Topliss-reactive ketones (excluding diaryl/α,β-unsaturated/α-hetero) is 1. The van der Waals surface area contributed by atoms with Crippen LogP contribution in [0.25, 0.3) is 0 Å². The van der Waals surface area contributed by atoms with Crippen molar-refractivity contribution < 1.29 is 27.4 Å². The number of hydrogen-bond donors (Lipinski definition) is 0. The lowest BCUT2D eigenvalue weighted by molar-refractivity contribution is -0.274. The standard InChI is InChI=1S/C15H19F3O3/c1-14(2,3)13(20-4)12(19)9-10-5-7-11(8-6-10)21-15(16,17)18/h5-8,13H,9H2,1-4H3. The van der Waals surface area contributed by atoms with E-state index in [2.05, 4.69) is 4.74 Å². The van der Waals surface area contributed by atoms with Gasteiger partial charge in [-0.15, -0.1) is 13.2 Å². The van der Waals surface area contributed by atoms with Gasteiger partial charge in [-0.05, 0) is 23.1 Å². The molecular weight excluding hydrogens is 285 g/mol. The largest absolute Gasteiger partial charge is 0.573 e. The van der Waals surface area contributed by atoms with Gasteiger partial charge in [-0.2, -0.15) is 0 Å². The molecule has 6 heteroatoms. The molecule has 118 valence electrons. The highest BCUT2D eigenvalue weighted by Gasteiger charge is 2.32. The SMILES string of the molecule is COC(C(=O)Cc1ccc(OC(F)(F)F)cc1)C(C)(C)C. The first-order chi connectivity index (χ1) is 9.53. The average molecular weight is 304 g/mol. The number of halogens is 3. The summed E-state index contributed by atoms with van der Waals surface area (Å²) in [5.41, 5.74) is 0.270. The summed E-state index contributed by atoms with van der Waals surface area (Å²) in [5, 5.41) is 0. The molecule has 0 fully saturated rings. The lowest BCUT2D eigenvalue weighted by atomic mass is 9.84. The van der Waals surface area contributed by atoms with Crippen LogP contribution >= 0.6 is 0 Å². The number of rotatable bonds is 5. The van der Waals surface area contributed by atoms with Gasteiger partial charge in [-0.1, -0.05) is 32.9 Å². The zero-order valence-corrected chi connectivity index (χ0v) is 12.5. The van der Waals surface area contributed by atoms with Crippen LogP contribution in [0.3, 0.4) is 0 Å². The van der Waals surface area contributed by atoms with Gasteiger partial charge in [0, 0.05) is 13.5 Å². The molecule has 0 heterocycles. The molecule has 0 saturated heterocycles. The highest BCUT2D eigenvalue weighted by atomic mass is 19.4. The van der Waals surface area contributed by atoms with E-state index in [4.69, 9.17) is 4.74 Å². The molecule has 0 spiro atoms. The van der Waals surface area contributed by atoms with Crippen molar-refractivity contribution in [3.05, 3.63) is 29.8 Å². The second-order valence-corrected chi connectivity index (χ2v) is 5.82. The topological polar surface area (TPSA) is 35.5 Å². The number of benzene rings is 1. The van der Waals surface area contributed by atoms with Gasteiger partial charge in [-0.3, -0.25) is 4.79 Å². The van der Waals surface area contributed by atoms with Gasteiger partial charge < -0.3 is 9.47 Å². The van der Waals surface area contributed by atoms with E-state index in [0.717, 1.165) is 0 Å². The molecule has 1 aromatic rings. The lowest BCUT2D eigenvalue weighted by Gasteiger charge is -2.28. The highest BCUT2D eigenvalue weighted by Crippen LogP contribution is 2.25. The molecular formula is C15H19F3O3. The van der Waals surface area contributed by atoms with Crippen molar-refractivity contribution in [1.82, 2.24) is 0 Å². The van der Waals surface area contributed by atoms with E-state index >= 15 is 0 Å². The Morgan fingerprint density at radius 2 is 1.67 bits per heavy atom. The number of methoxy groups -OCH3 is 1. The third-order valence-electron chi connectivity index (χ3n) is 2.85. The fourth-order valence-corrected chi connectivity index (χ4v) is 2.07. The molecule has 0 saturated carbocycles. The minimum absolute atomic E-state index is 0.0993. The van der Waals surface area contributed by atoms with Crippen molar-refractivity contribution >= 4 is 5.78 Å². The quantitative estimate of drug-likeness (QED) is 0.831. The maximum atomic E-state index is 12.2. The first-order valence-electron chi connectivity index (χ1n) is 6.43. The average Bonchev–Trinajstić information content (AvgIpc) is 2.28. The summed E-state index contributed by atoms with van der Waals surface area (Å²) >= 11 is 0. The van der Waals surface area contributed by atoms with E-state index < -0.39 is 12.5 Å². The van der Waals surface area contributed by atoms with Crippen molar-refractivity contribution in [2.24, 2.45) is 5.41 Å². The van der Waals surface area contributed by atoms with E-state index in [1.807, 2.05) is 20.8 Å². The molecule has 0 radical (unpaired) electrons. The maximum Gasteiger partial charge on any atom is 0.573 e. The summed E-state index contributed by atoms with van der Waals surface area (Å²) in [5.74, 6) is -0.424. The van der Waals surface area contributed by atoms with Gasteiger partial charge in [-0.25, -0.2) is 0 Å². The normalized spacial score (nSPS) is 13.9. The van der Waals surface area contributed by atoms with Gasteiger partial charge in [0.1, 0.15) is 11.9 Å². The maximum absolute atomic E-state index is 12.2. The lowest BCUT2D eigenvalue weighted by Crippen LogP contribution is -2.37. The van der Waals surface area contributed by atoms with Crippen molar-refractivity contribution in [2.75, 3.05) is 7.11 Å². The Labute approximate surface area is 122 Å². The van der Waals surface area contributed by atoms with Crippen LogP contribution < -0.4 is 4.74 Å². The van der Waals surface area contributed by atoms with Crippen LogP contribution in [0.2, 0.25) is 0 Å². The third-order valence-corrected chi connectivity index (χ3v) is 2.85. The van der Waals surface area contributed by atoms with Crippen LogP contribution in [-0.4, -0.2) is 25.4 Å². The summed E-state index contributed by atoms with van der Waals surface area (Å²) in [6.07, 6.45) is -5.18. The van der Waals surface area contributed by atoms with Crippen LogP contribution in [0.4, 0.5) is 13.2 Å². The molecule has 0 bridgehead atoms. The second-order valence-electron chi connectivity index (χ2n) is 5.82. The fourth-order valence-electron chi connectivity index (χ4n) is 2.07. The first kappa shape index (κ1) is 17.5. The van der Waals surface area contributed by atoms with Crippen molar-refractivity contribution in [3.8, 4) is 5.75 Å². The molecule has 0 N–H and O–H groups in total. The summed E-state index contributed by atoms with van der Waals surface area (Å²) in [7, 11) is 1.47. The molecule has 1 rings (SSSR count). The molecule has 1 unspecified atom stereocenters. The number of ketones is 1. The minimum Gasteiger partial charge on any atom is -0.406 e. The van der Waals surface area contributed by atoms with Crippen molar-refractivity contribution in [3.63, 3.8) is 0 Å². The van der Waals surface area contributed by atoms with E-state index in [1.54, 1.807) is 0 Å². The van der Waals surface area contributed by atoms with Crippen LogP contribution in [0, 0.1) is 5.41 Å². The number of carbonyl (C=O) groups is 1. The van der Waals surface area contributed by atoms with Gasteiger partial charge in [0.15, 0.2) is 5.78 Å². The van der Waals surface area contributed by atoms with Gasteiger partial charge >= 0.3 is 6.36 Å². The molecule has 0 amide bonds. The van der Waals surface area contributed by atoms with E-state index in [0.29, 0.717) is 5.56 Å². The third kappa shape index (κ3) is 5.75. The second kappa shape index (κ2) is 6.47. The summed E-state index contributed by atoms with van der Waals surface area (Å²) in [4.78, 5) is 12.2. The highest BCUT2D eigenvalue weighted by molar-refractivity contribution is 5.86. The van der Waals surface area contributed by atoms with Crippen LogP contribution in [0.15, 0.2) is 24.3 Å². The molecule has 1 aromatic carbocycles. The molecule has 0 aromatic heterocycles. The molecule has 0 aliphatic carbocycles. The zero-order valence-electron chi connectivity index (χ0n) is 12.5. The number of carbonyl (C=O) groups excluding carboxylic acids is 1. The fraction of sp³-hybridized carbons (Fsp3) is 0.533. The monoisotopic (exact) mass is 304 g/mol. The van der Waals surface area contributed by atoms with Crippen LogP contribution in [0.1, 0.15) is 26.3 Å². The Kier molecular flexibility index (Phi) is 5.39. The zero-order chi connectivity index (χ0) is 16.3. The minimum atomic E-state index is -4.72. The Morgan fingerprint density at radius 1 is 1.14 bits per heavy atom. The Bertz CT molecular complexity index is 472. The van der Waals surface area contributed by atoms with Crippen LogP contribution in [-0.2, 0) is 16.0 Å². The predicted octanol–water partition coefficient (Wildman–Crippen LogP) is 3.76. The molecule has 21 heavy (non-hydrogen) atoms. The number of alkyl halides is 3. The Hall–Kier alpha value is -1.56. The summed E-state index contributed by atoms with van der Waals surface area (Å²) in [6.45, 7) is 5.66.